The molecule has 0 atom stereocenters. The number of halogens is 1. The van der Waals surface area contributed by atoms with Crippen LogP contribution in [0.25, 0.3) is 0 Å². The van der Waals surface area contributed by atoms with Crippen LogP contribution in [0, 0.1) is 5.82 Å². The molecule has 1 aromatic rings. The van der Waals surface area contributed by atoms with Crippen LogP contribution in [0.1, 0.15) is 10.4 Å². The number of primary amides is 1. The van der Waals surface area contributed by atoms with E-state index in [-0.39, 0.29) is 18.5 Å². The van der Waals surface area contributed by atoms with Crippen molar-refractivity contribution in [2.45, 2.75) is 0 Å². The van der Waals surface area contributed by atoms with Gasteiger partial charge < -0.3 is 10.8 Å². The Morgan fingerprint density at radius 3 is 2.67 bits per heavy atom. The molecule has 12 heavy (non-hydrogen) atoms. The zero-order chi connectivity index (χ0) is 9.14. The van der Waals surface area contributed by atoms with Crippen molar-refractivity contribution in [2.75, 3.05) is 0 Å². The van der Waals surface area contributed by atoms with Gasteiger partial charge in [0.25, 0.3) is 0 Å². The first-order valence-corrected chi connectivity index (χ1v) is 3.34. The van der Waals surface area contributed by atoms with Gasteiger partial charge in [-0.1, -0.05) is 6.07 Å². The Hall–Kier alpha value is -1.36. The van der Waals surface area contributed by atoms with Crippen LogP contribution >= 0.6 is 0 Å². The maximum absolute atomic E-state index is 12.8. The number of rotatable bonds is 2. The van der Waals surface area contributed by atoms with Crippen LogP contribution in [0.2, 0.25) is 0 Å². The van der Waals surface area contributed by atoms with E-state index in [1.807, 2.05) is 0 Å². The fraction of sp³-hybridized carbons (Fsp3) is 0. The third-order valence-corrected chi connectivity index (χ3v) is 1.51. The minimum Gasteiger partial charge on any atom is -0.449 e. The van der Waals surface area contributed by atoms with E-state index in [1.165, 1.54) is 12.1 Å². The van der Waals surface area contributed by atoms with Crippen molar-refractivity contribution < 1.29 is 14.2 Å². The Labute approximate surface area is 69.3 Å². The zero-order valence-electron chi connectivity index (χ0n) is 6.25. The highest BCUT2D eigenvalue weighted by Gasteiger charge is 2.06. The summed E-state index contributed by atoms with van der Waals surface area (Å²) >= 11 is 0. The summed E-state index contributed by atoms with van der Waals surface area (Å²) in [6.45, 7) is 0. The van der Waals surface area contributed by atoms with E-state index in [0.717, 1.165) is 6.07 Å². The molecule has 3 N–H and O–H groups in total. The van der Waals surface area contributed by atoms with Gasteiger partial charge in [-0.2, -0.15) is 0 Å². The number of hydrogen-bond acceptors (Lipinski definition) is 2. The van der Waals surface area contributed by atoms with Crippen LogP contribution in [-0.2, 0) is 0 Å². The molecule has 1 rings (SSSR count). The molecule has 1 amide bonds. The van der Waals surface area contributed by atoms with Crippen LogP contribution in [0.3, 0.4) is 0 Å². The van der Waals surface area contributed by atoms with Crippen molar-refractivity contribution in [2.24, 2.45) is 5.73 Å². The highest BCUT2D eigenvalue weighted by atomic mass is 19.1. The molecule has 0 aliphatic heterocycles. The van der Waals surface area contributed by atoms with Crippen molar-refractivity contribution in [3.8, 4) is 0 Å². The van der Waals surface area contributed by atoms with Gasteiger partial charge in [0.1, 0.15) is 5.82 Å². The standard InChI is InChI=1S/C7H7BFNO2/c9-6-3-4(7(10)11)1-2-5(6)8-12/h1-3,8,12H,(H2,10,11). The van der Waals surface area contributed by atoms with E-state index in [4.69, 9.17) is 10.8 Å². The monoisotopic (exact) mass is 167 g/mol. The first-order chi connectivity index (χ1) is 5.65. The smallest absolute Gasteiger partial charge is 0.307 e. The molecule has 0 saturated carbocycles. The molecule has 0 spiro atoms. The average Bonchev–Trinajstić information content (AvgIpc) is 2.04. The van der Waals surface area contributed by atoms with Gasteiger partial charge in [0, 0.05) is 5.56 Å². The summed E-state index contributed by atoms with van der Waals surface area (Å²) in [4.78, 5) is 10.5. The first kappa shape index (κ1) is 8.74. The summed E-state index contributed by atoms with van der Waals surface area (Å²) in [5, 5.41) is 8.59. The predicted molar refractivity (Wildman–Crippen MR) is 43.9 cm³/mol. The average molecular weight is 167 g/mol. The molecule has 0 heterocycles. The van der Waals surface area contributed by atoms with E-state index in [0.29, 0.717) is 0 Å². The number of carbonyl (C=O) groups is 1. The van der Waals surface area contributed by atoms with Crippen LogP contribution in [-0.4, -0.2) is 18.4 Å². The van der Waals surface area contributed by atoms with Gasteiger partial charge in [-0.05, 0) is 17.6 Å². The third kappa shape index (κ3) is 1.62. The minimum atomic E-state index is -0.682. The molecule has 0 aliphatic rings. The normalized spacial score (nSPS) is 9.50. The summed E-state index contributed by atoms with van der Waals surface area (Å²) in [6, 6.07) is 3.71. The third-order valence-electron chi connectivity index (χ3n) is 1.51. The lowest BCUT2D eigenvalue weighted by Crippen LogP contribution is -2.20. The van der Waals surface area contributed by atoms with E-state index < -0.39 is 11.7 Å². The van der Waals surface area contributed by atoms with E-state index >= 15 is 0 Å². The van der Waals surface area contributed by atoms with Crippen LogP contribution in [0.4, 0.5) is 4.39 Å². The second kappa shape index (κ2) is 3.36. The van der Waals surface area contributed by atoms with Gasteiger partial charge in [-0.15, -0.1) is 0 Å². The molecule has 0 fully saturated rings. The summed E-state index contributed by atoms with van der Waals surface area (Å²) in [7, 11) is -0.384. The molecule has 0 bridgehead atoms. The summed E-state index contributed by atoms with van der Waals surface area (Å²) in [5.74, 6) is -1.30. The number of amides is 1. The lowest BCUT2D eigenvalue weighted by molar-refractivity contribution is 0.1000. The Kier molecular flexibility index (Phi) is 2.45. The number of hydrogen-bond donors (Lipinski definition) is 2. The van der Waals surface area contributed by atoms with Crippen molar-refractivity contribution >= 4 is 18.9 Å². The molecule has 62 valence electrons. The second-order valence-electron chi connectivity index (χ2n) is 2.33. The lowest BCUT2D eigenvalue weighted by atomic mass is 9.87. The molecule has 0 radical (unpaired) electrons. The molecule has 3 nitrogen and oxygen atoms in total. The van der Waals surface area contributed by atoms with E-state index in [2.05, 4.69) is 0 Å². The Morgan fingerprint density at radius 2 is 2.25 bits per heavy atom. The molecule has 0 saturated heterocycles. The molecular weight excluding hydrogens is 160 g/mol. The predicted octanol–water partition coefficient (Wildman–Crippen LogP) is -1.11. The van der Waals surface area contributed by atoms with Gasteiger partial charge in [-0.3, -0.25) is 4.79 Å². The lowest BCUT2D eigenvalue weighted by Gasteiger charge is -1.99. The van der Waals surface area contributed by atoms with Gasteiger partial charge in [0.15, 0.2) is 0 Å². The van der Waals surface area contributed by atoms with Gasteiger partial charge >= 0.3 is 7.48 Å². The maximum atomic E-state index is 12.8. The fourth-order valence-electron chi connectivity index (χ4n) is 0.829. The van der Waals surface area contributed by atoms with Crippen LogP contribution in [0.5, 0.6) is 0 Å². The van der Waals surface area contributed by atoms with Crippen LogP contribution < -0.4 is 11.2 Å². The van der Waals surface area contributed by atoms with E-state index in [9.17, 15) is 9.18 Å². The Balaban J connectivity index is 3.10. The highest BCUT2D eigenvalue weighted by molar-refractivity contribution is 6.45. The van der Waals surface area contributed by atoms with Gasteiger partial charge in [-0.25, -0.2) is 4.39 Å². The summed E-state index contributed by atoms with van der Waals surface area (Å²) in [6.07, 6.45) is 0. The van der Waals surface area contributed by atoms with Crippen molar-refractivity contribution in [1.29, 1.82) is 0 Å². The molecule has 0 aromatic heterocycles. The molecule has 1 aromatic carbocycles. The number of nitrogens with two attached hydrogens (primary N) is 1. The van der Waals surface area contributed by atoms with Crippen molar-refractivity contribution in [3.05, 3.63) is 29.6 Å². The minimum absolute atomic E-state index is 0.102. The fourth-order valence-corrected chi connectivity index (χ4v) is 0.829. The van der Waals surface area contributed by atoms with Crippen molar-refractivity contribution in [3.63, 3.8) is 0 Å². The largest absolute Gasteiger partial charge is 0.449 e. The second-order valence-corrected chi connectivity index (χ2v) is 2.33. The van der Waals surface area contributed by atoms with Gasteiger partial charge in [0.2, 0.25) is 5.91 Å². The molecular formula is C7H7BFNO2. The molecule has 0 unspecified atom stereocenters. The summed E-state index contributed by atoms with van der Waals surface area (Å²) < 4.78 is 12.8. The molecule has 0 aliphatic carbocycles. The maximum Gasteiger partial charge on any atom is 0.307 e. The first-order valence-electron chi connectivity index (χ1n) is 3.34. The SMILES string of the molecule is NC(=O)c1ccc(BO)c(F)c1. The van der Waals surface area contributed by atoms with Crippen molar-refractivity contribution in [1.82, 2.24) is 0 Å². The zero-order valence-corrected chi connectivity index (χ0v) is 6.25. The Bertz CT molecular complexity index is 316. The molecule has 5 heteroatoms. The summed E-state index contributed by atoms with van der Waals surface area (Å²) in [5.41, 5.74) is 5.16. The Morgan fingerprint density at radius 1 is 1.58 bits per heavy atom. The number of carbonyl (C=O) groups excluding carboxylic acids is 1. The quantitative estimate of drug-likeness (QED) is 0.548. The van der Waals surface area contributed by atoms with Gasteiger partial charge in [0.05, 0.1) is 0 Å². The topological polar surface area (TPSA) is 63.3 Å². The highest BCUT2D eigenvalue weighted by Crippen LogP contribution is 1.99. The number of benzene rings is 1. The van der Waals surface area contributed by atoms with E-state index in [1.54, 1.807) is 0 Å². The van der Waals surface area contributed by atoms with Crippen LogP contribution in [0.15, 0.2) is 18.2 Å².